The van der Waals surface area contributed by atoms with Gasteiger partial charge in [0.05, 0.1) is 6.54 Å². The molecule has 2 N–H and O–H groups in total. The number of aliphatic carboxylic acids is 1. The molecule has 0 aromatic heterocycles. The maximum Gasteiger partial charge on any atom is 0.317 e. The lowest BCUT2D eigenvalue weighted by Gasteiger charge is -2.42. The molecule has 1 fully saturated rings. The highest BCUT2D eigenvalue weighted by Crippen LogP contribution is 2.26. The maximum atomic E-state index is 13.5. The fourth-order valence-corrected chi connectivity index (χ4v) is 2.66. The SMILES string of the molecule is CCN(CC(=O)O)C1CC(NCc2cc(F)ccc2F)C1. The standard InChI is InChI=1S/C15H20F2N2O2/c1-2-19(9-15(20)21)13-6-12(7-13)18-8-10-5-11(16)3-4-14(10)17/h3-5,12-13,18H,2,6-9H2,1H3,(H,20,21). The Labute approximate surface area is 122 Å². The smallest absolute Gasteiger partial charge is 0.317 e. The number of nitrogens with zero attached hydrogens (tertiary/aromatic N) is 1. The Morgan fingerprint density at radius 3 is 2.76 bits per heavy atom. The van der Waals surface area contributed by atoms with Gasteiger partial charge in [-0.3, -0.25) is 9.69 Å². The first kappa shape index (κ1) is 15.9. The molecule has 1 aromatic rings. The minimum atomic E-state index is -0.824. The van der Waals surface area contributed by atoms with Crippen LogP contribution in [0.25, 0.3) is 0 Å². The van der Waals surface area contributed by atoms with Gasteiger partial charge in [0, 0.05) is 24.2 Å². The molecular formula is C15H20F2N2O2. The third kappa shape index (κ3) is 4.22. The Balaban J connectivity index is 1.77. The van der Waals surface area contributed by atoms with Crippen molar-refractivity contribution in [3.8, 4) is 0 Å². The molecule has 4 nitrogen and oxygen atoms in total. The van der Waals surface area contributed by atoms with Gasteiger partial charge >= 0.3 is 5.97 Å². The van der Waals surface area contributed by atoms with E-state index in [1.165, 1.54) is 6.07 Å². The van der Waals surface area contributed by atoms with Crippen molar-refractivity contribution in [2.75, 3.05) is 13.1 Å². The summed E-state index contributed by atoms with van der Waals surface area (Å²) in [5.41, 5.74) is 0.316. The third-order valence-electron chi connectivity index (χ3n) is 3.96. The monoisotopic (exact) mass is 298 g/mol. The van der Waals surface area contributed by atoms with Gasteiger partial charge in [-0.2, -0.15) is 0 Å². The summed E-state index contributed by atoms with van der Waals surface area (Å²) >= 11 is 0. The van der Waals surface area contributed by atoms with Gasteiger partial charge in [0.2, 0.25) is 0 Å². The molecule has 6 heteroatoms. The second-order valence-corrected chi connectivity index (χ2v) is 5.40. The maximum absolute atomic E-state index is 13.5. The Morgan fingerprint density at radius 1 is 1.43 bits per heavy atom. The van der Waals surface area contributed by atoms with E-state index in [1.54, 1.807) is 0 Å². The molecule has 0 heterocycles. The number of hydrogen-bond donors (Lipinski definition) is 2. The summed E-state index contributed by atoms with van der Waals surface area (Å²) in [7, 11) is 0. The molecule has 21 heavy (non-hydrogen) atoms. The number of carboxylic acids is 1. The van der Waals surface area contributed by atoms with Crippen molar-refractivity contribution >= 4 is 5.97 Å². The fourth-order valence-electron chi connectivity index (χ4n) is 2.66. The van der Waals surface area contributed by atoms with Gasteiger partial charge in [0.1, 0.15) is 11.6 Å². The van der Waals surface area contributed by atoms with E-state index in [0.717, 1.165) is 25.0 Å². The minimum absolute atomic E-state index is 0.0480. The van der Waals surface area contributed by atoms with Gasteiger partial charge < -0.3 is 10.4 Å². The predicted octanol–water partition coefficient (Wildman–Crippen LogP) is 1.99. The van der Waals surface area contributed by atoms with E-state index in [1.807, 2.05) is 11.8 Å². The lowest BCUT2D eigenvalue weighted by Crippen LogP contribution is -2.53. The summed E-state index contributed by atoms with van der Waals surface area (Å²) in [4.78, 5) is 12.7. The Hall–Kier alpha value is -1.53. The van der Waals surface area contributed by atoms with Gasteiger partial charge in [0.25, 0.3) is 0 Å². The van der Waals surface area contributed by atoms with Crippen molar-refractivity contribution in [1.82, 2.24) is 10.2 Å². The molecule has 1 aromatic carbocycles. The normalized spacial score (nSPS) is 21.3. The minimum Gasteiger partial charge on any atom is -0.480 e. The van der Waals surface area contributed by atoms with Crippen molar-refractivity contribution in [2.24, 2.45) is 0 Å². The van der Waals surface area contributed by atoms with Crippen LogP contribution in [0.3, 0.4) is 0 Å². The number of rotatable bonds is 7. The van der Waals surface area contributed by atoms with Crippen molar-refractivity contribution in [2.45, 2.75) is 38.4 Å². The van der Waals surface area contributed by atoms with Gasteiger partial charge in [-0.15, -0.1) is 0 Å². The summed E-state index contributed by atoms with van der Waals surface area (Å²) in [5.74, 6) is -1.69. The van der Waals surface area contributed by atoms with Crippen LogP contribution in [0.5, 0.6) is 0 Å². The van der Waals surface area contributed by atoms with E-state index in [2.05, 4.69) is 5.32 Å². The van der Waals surface area contributed by atoms with Crippen molar-refractivity contribution < 1.29 is 18.7 Å². The van der Waals surface area contributed by atoms with Gasteiger partial charge in [0.15, 0.2) is 0 Å². The molecule has 1 saturated carbocycles. The van der Waals surface area contributed by atoms with E-state index in [4.69, 9.17) is 5.11 Å². The predicted molar refractivity (Wildman–Crippen MR) is 74.9 cm³/mol. The number of hydrogen-bond acceptors (Lipinski definition) is 3. The molecule has 0 unspecified atom stereocenters. The molecule has 2 rings (SSSR count). The lowest BCUT2D eigenvalue weighted by molar-refractivity contribution is -0.139. The Kier molecular flexibility index (Phi) is 5.25. The molecule has 0 atom stereocenters. The largest absolute Gasteiger partial charge is 0.480 e. The van der Waals surface area contributed by atoms with E-state index in [-0.39, 0.29) is 25.2 Å². The summed E-state index contributed by atoms with van der Waals surface area (Å²) in [5, 5.41) is 12.0. The third-order valence-corrected chi connectivity index (χ3v) is 3.96. The summed E-state index contributed by atoms with van der Waals surface area (Å²) in [6.07, 6.45) is 1.66. The van der Waals surface area contributed by atoms with Gasteiger partial charge in [-0.1, -0.05) is 6.92 Å². The van der Waals surface area contributed by atoms with Crippen LogP contribution < -0.4 is 5.32 Å². The van der Waals surface area contributed by atoms with E-state index in [9.17, 15) is 13.6 Å². The topological polar surface area (TPSA) is 52.6 Å². The van der Waals surface area contributed by atoms with Gasteiger partial charge in [-0.25, -0.2) is 8.78 Å². The average molecular weight is 298 g/mol. The first-order chi connectivity index (χ1) is 9.99. The number of likely N-dealkylation sites (N-methyl/N-ethyl adjacent to an activating group) is 1. The quantitative estimate of drug-likeness (QED) is 0.808. The summed E-state index contributed by atoms with van der Waals surface area (Å²) < 4.78 is 26.5. The molecule has 0 aliphatic heterocycles. The highest BCUT2D eigenvalue weighted by molar-refractivity contribution is 5.69. The molecule has 0 saturated heterocycles. The first-order valence-electron chi connectivity index (χ1n) is 7.12. The molecule has 0 radical (unpaired) electrons. The van der Waals surface area contributed by atoms with Crippen LogP contribution in [-0.4, -0.2) is 41.1 Å². The molecule has 116 valence electrons. The van der Waals surface area contributed by atoms with Crippen LogP contribution in [0.4, 0.5) is 8.78 Å². The number of halogens is 2. The average Bonchev–Trinajstić information content (AvgIpc) is 2.38. The molecule has 0 amide bonds. The second kappa shape index (κ2) is 6.95. The highest BCUT2D eigenvalue weighted by Gasteiger charge is 2.33. The molecule has 0 bridgehead atoms. The number of carboxylic acid groups (broad SMARTS) is 1. The summed E-state index contributed by atoms with van der Waals surface area (Å²) in [6, 6.07) is 3.90. The van der Waals surface area contributed by atoms with Gasteiger partial charge in [-0.05, 0) is 37.6 Å². The Morgan fingerprint density at radius 2 is 2.14 bits per heavy atom. The van der Waals surface area contributed by atoms with E-state index in [0.29, 0.717) is 12.1 Å². The highest BCUT2D eigenvalue weighted by atomic mass is 19.1. The fraction of sp³-hybridized carbons (Fsp3) is 0.533. The number of carbonyl (C=O) groups is 1. The van der Waals surface area contributed by atoms with Crippen LogP contribution in [0.15, 0.2) is 18.2 Å². The molecular weight excluding hydrogens is 278 g/mol. The zero-order valence-electron chi connectivity index (χ0n) is 12.0. The Bertz CT molecular complexity index is 504. The van der Waals surface area contributed by atoms with Crippen molar-refractivity contribution in [1.29, 1.82) is 0 Å². The number of nitrogens with one attached hydrogen (secondary N) is 1. The van der Waals surface area contributed by atoms with Crippen LogP contribution in [0.1, 0.15) is 25.3 Å². The van der Waals surface area contributed by atoms with Crippen molar-refractivity contribution in [3.63, 3.8) is 0 Å². The van der Waals surface area contributed by atoms with Crippen molar-refractivity contribution in [3.05, 3.63) is 35.4 Å². The zero-order valence-corrected chi connectivity index (χ0v) is 12.0. The molecule has 0 spiro atoms. The summed E-state index contributed by atoms with van der Waals surface area (Å²) in [6.45, 7) is 2.96. The number of benzene rings is 1. The molecule has 1 aliphatic carbocycles. The van der Waals surface area contributed by atoms with E-state index < -0.39 is 17.6 Å². The second-order valence-electron chi connectivity index (χ2n) is 5.40. The first-order valence-corrected chi connectivity index (χ1v) is 7.12. The van der Waals surface area contributed by atoms with Crippen LogP contribution in [0, 0.1) is 11.6 Å². The van der Waals surface area contributed by atoms with E-state index >= 15 is 0 Å². The lowest BCUT2D eigenvalue weighted by atomic mass is 9.85. The molecule has 1 aliphatic rings. The van der Waals surface area contributed by atoms with Crippen LogP contribution in [-0.2, 0) is 11.3 Å². The van der Waals surface area contributed by atoms with Crippen LogP contribution in [0.2, 0.25) is 0 Å². The zero-order chi connectivity index (χ0) is 15.4. The van der Waals surface area contributed by atoms with Crippen LogP contribution >= 0.6 is 0 Å².